The molecule has 8 nitrogen and oxygen atoms in total. The molecule has 202 valence electrons. The third kappa shape index (κ3) is 8.34. The van der Waals surface area contributed by atoms with E-state index in [0.29, 0.717) is 36.8 Å². The fourth-order valence-electron chi connectivity index (χ4n) is 4.20. The number of hydrogen-bond donors (Lipinski definition) is 1. The van der Waals surface area contributed by atoms with Crippen molar-refractivity contribution < 1.29 is 32.6 Å². The molecule has 0 aliphatic rings. The number of hydrogen-bond acceptors (Lipinski definition) is 6. The first-order chi connectivity index (χ1) is 17.9. The van der Waals surface area contributed by atoms with Crippen LogP contribution in [0.25, 0.3) is 11.1 Å². The fourth-order valence-corrected chi connectivity index (χ4v) is 4.84. The van der Waals surface area contributed by atoms with Gasteiger partial charge in [0.05, 0.1) is 12.4 Å². The number of carbonyl (C=O) groups is 2. The molecule has 0 heterocycles. The van der Waals surface area contributed by atoms with Crippen LogP contribution in [0, 0.1) is 13.8 Å². The zero-order chi connectivity index (χ0) is 27.9. The summed E-state index contributed by atoms with van der Waals surface area (Å²) in [4.78, 5) is 24.0. The monoisotopic (exact) mass is 539 g/mol. The molecule has 3 aromatic rings. The highest BCUT2D eigenvalue weighted by Gasteiger charge is 2.15. The lowest BCUT2D eigenvalue weighted by molar-refractivity contribution is -0.136. The normalized spacial score (nSPS) is 11.2. The van der Waals surface area contributed by atoms with Crippen LogP contribution >= 0.6 is 0 Å². The fraction of sp³-hybridized carbons (Fsp3) is 0.310. The zero-order valence-corrected chi connectivity index (χ0v) is 22.9. The predicted molar refractivity (Wildman–Crippen MR) is 148 cm³/mol. The molecule has 9 heteroatoms. The van der Waals surface area contributed by atoms with E-state index in [1.807, 2.05) is 44.2 Å². The zero-order valence-electron chi connectivity index (χ0n) is 22.1. The minimum atomic E-state index is -3.00. The second kappa shape index (κ2) is 12.6. The van der Waals surface area contributed by atoms with E-state index >= 15 is 0 Å². The number of carboxylic acid groups (broad SMARTS) is 1. The molecule has 0 aliphatic heterocycles. The van der Waals surface area contributed by atoms with Crippen molar-refractivity contribution in [3.63, 3.8) is 0 Å². The average Bonchev–Trinajstić information content (AvgIpc) is 2.83. The van der Waals surface area contributed by atoms with Gasteiger partial charge in [-0.25, -0.2) is 8.42 Å². The van der Waals surface area contributed by atoms with Crippen molar-refractivity contribution in [1.82, 2.24) is 0 Å². The molecule has 0 saturated carbocycles. The number of rotatable bonds is 12. The average molecular weight is 540 g/mol. The Balaban J connectivity index is 1.67. The van der Waals surface area contributed by atoms with E-state index in [0.717, 1.165) is 27.8 Å². The lowest BCUT2D eigenvalue weighted by Gasteiger charge is -2.19. The van der Waals surface area contributed by atoms with E-state index in [-0.39, 0.29) is 11.7 Å². The first kappa shape index (κ1) is 28.7. The summed E-state index contributed by atoms with van der Waals surface area (Å²) in [7, 11) is -3.00. The van der Waals surface area contributed by atoms with Gasteiger partial charge in [-0.2, -0.15) is 0 Å². The first-order valence-electron chi connectivity index (χ1n) is 12.2. The number of nitrogens with zero attached hydrogens (tertiary/aromatic N) is 1. The summed E-state index contributed by atoms with van der Waals surface area (Å²) in [5.74, 6) is -0.0221. The molecule has 0 atom stereocenters. The van der Waals surface area contributed by atoms with E-state index in [2.05, 4.69) is 6.07 Å². The Hall–Kier alpha value is -3.85. The maximum Gasteiger partial charge on any atom is 0.323 e. The molecule has 0 aromatic heterocycles. The van der Waals surface area contributed by atoms with Crippen LogP contribution in [0.4, 0.5) is 5.69 Å². The van der Waals surface area contributed by atoms with E-state index in [1.54, 1.807) is 24.3 Å². The predicted octanol–water partition coefficient (Wildman–Crippen LogP) is 4.80. The van der Waals surface area contributed by atoms with Crippen molar-refractivity contribution in [3.8, 4) is 22.6 Å². The van der Waals surface area contributed by atoms with Gasteiger partial charge in [0.1, 0.15) is 34.5 Å². The van der Waals surface area contributed by atoms with Gasteiger partial charge >= 0.3 is 5.97 Å². The van der Waals surface area contributed by atoms with Gasteiger partial charge in [0.15, 0.2) is 0 Å². The van der Waals surface area contributed by atoms with Crippen molar-refractivity contribution in [2.75, 3.05) is 30.1 Å². The number of anilines is 1. The molecular formula is C29H33NO7S. The SMILES string of the molecule is CC(=O)N(CC(=O)O)c1ccc(OCc2cccc(-c3c(C)cc(OCCCS(C)(=O)=O)cc3C)c2)cc1. The van der Waals surface area contributed by atoms with Crippen molar-refractivity contribution in [2.24, 2.45) is 0 Å². The number of carboxylic acids is 1. The van der Waals surface area contributed by atoms with Crippen LogP contribution in [0.3, 0.4) is 0 Å². The number of benzene rings is 3. The van der Waals surface area contributed by atoms with Gasteiger partial charge in [-0.1, -0.05) is 18.2 Å². The summed E-state index contributed by atoms with van der Waals surface area (Å²) in [5.41, 5.74) is 5.71. The molecule has 0 saturated heterocycles. The Labute approximate surface area is 223 Å². The van der Waals surface area contributed by atoms with Crippen LogP contribution in [0.5, 0.6) is 11.5 Å². The summed E-state index contributed by atoms with van der Waals surface area (Å²) in [6.45, 7) is 5.63. The number of sulfone groups is 1. The molecule has 1 N–H and O–H groups in total. The Kier molecular flexibility index (Phi) is 9.52. The van der Waals surface area contributed by atoms with Gasteiger partial charge in [0.2, 0.25) is 5.91 Å². The van der Waals surface area contributed by atoms with E-state index in [9.17, 15) is 18.0 Å². The van der Waals surface area contributed by atoms with Crippen molar-refractivity contribution >= 4 is 27.4 Å². The number of carbonyl (C=O) groups excluding carboxylic acids is 1. The maximum atomic E-state index is 11.8. The molecule has 0 radical (unpaired) electrons. The topological polar surface area (TPSA) is 110 Å². The number of aryl methyl sites for hydroxylation is 2. The minimum absolute atomic E-state index is 0.101. The summed E-state index contributed by atoms with van der Waals surface area (Å²) in [6, 6.07) is 18.7. The van der Waals surface area contributed by atoms with Crippen LogP contribution in [0.15, 0.2) is 60.7 Å². The van der Waals surface area contributed by atoms with Gasteiger partial charge in [-0.15, -0.1) is 0 Å². The van der Waals surface area contributed by atoms with Crippen LogP contribution < -0.4 is 14.4 Å². The van der Waals surface area contributed by atoms with E-state index < -0.39 is 22.4 Å². The second-order valence-electron chi connectivity index (χ2n) is 9.25. The number of aliphatic carboxylic acids is 1. The van der Waals surface area contributed by atoms with Gasteiger partial charge in [-0.05, 0) is 90.6 Å². The Bertz CT molecular complexity index is 1380. The molecule has 0 aliphatic carbocycles. The molecular weight excluding hydrogens is 506 g/mol. The van der Waals surface area contributed by atoms with Crippen molar-refractivity contribution in [1.29, 1.82) is 0 Å². The largest absolute Gasteiger partial charge is 0.494 e. The lowest BCUT2D eigenvalue weighted by Crippen LogP contribution is -2.33. The standard InChI is InChI=1S/C29H33NO7S/c1-20-15-27(36-13-6-14-38(4,34)35)16-21(2)29(20)24-8-5-7-23(17-24)19-37-26-11-9-25(10-12-26)30(22(3)31)18-28(32)33/h5,7-12,15-17H,6,13-14,18-19H2,1-4H3,(H,32,33). The van der Waals surface area contributed by atoms with E-state index in [1.165, 1.54) is 18.1 Å². The molecule has 1 amide bonds. The van der Waals surface area contributed by atoms with Gasteiger partial charge in [-0.3, -0.25) is 9.59 Å². The van der Waals surface area contributed by atoms with Crippen LogP contribution in [0.1, 0.15) is 30.0 Å². The maximum absolute atomic E-state index is 11.8. The van der Waals surface area contributed by atoms with Crippen molar-refractivity contribution in [3.05, 3.63) is 77.4 Å². The molecule has 38 heavy (non-hydrogen) atoms. The highest BCUT2D eigenvalue weighted by molar-refractivity contribution is 7.90. The van der Waals surface area contributed by atoms with Crippen molar-refractivity contribution in [2.45, 2.75) is 33.8 Å². The first-order valence-corrected chi connectivity index (χ1v) is 14.2. The quantitative estimate of drug-likeness (QED) is 0.329. The lowest BCUT2D eigenvalue weighted by atomic mass is 9.94. The molecule has 3 aromatic carbocycles. The minimum Gasteiger partial charge on any atom is -0.494 e. The van der Waals surface area contributed by atoms with E-state index in [4.69, 9.17) is 14.6 Å². The van der Waals surface area contributed by atoms with Gasteiger partial charge in [0, 0.05) is 18.9 Å². The molecule has 0 unspecified atom stereocenters. The molecule has 3 rings (SSSR count). The highest BCUT2D eigenvalue weighted by Crippen LogP contribution is 2.32. The second-order valence-corrected chi connectivity index (χ2v) is 11.5. The van der Waals surface area contributed by atoms with Crippen LogP contribution in [-0.4, -0.2) is 50.6 Å². The van der Waals surface area contributed by atoms with Gasteiger partial charge in [0.25, 0.3) is 0 Å². The van der Waals surface area contributed by atoms with Crippen LogP contribution in [0.2, 0.25) is 0 Å². The Morgan fingerprint density at radius 1 is 0.921 bits per heavy atom. The Morgan fingerprint density at radius 2 is 1.58 bits per heavy atom. The van der Waals surface area contributed by atoms with Gasteiger partial charge < -0.3 is 19.5 Å². The third-order valence-corrected chi connectivity index (χ3v) is 6.91. The number of amides is 1. The summed E-state index contributed by atoms with van der Waals surface area (Å²) in [6.07, 6.45) is 1.67. The highest BCUT2D eigenvalue weighted by atomic mass is 32.2. The third-order valence-electron chi connectivity index (χ3n) is 5.88. The summed E-state index contributed by atoms with van der Waals surface area (Å²) >= 11 is 0. The molecule has 0 fully saturated rings. The smallest absolute Gasteiger partial charge is 0.323 e. The number of ether oxygens (including phenoxy) is 2. The molecule has 0 bridgehead atoms. The Morgan fingerprint density at radius 3 is 2.16 bits per heavy atom. The summed E-state index contributed by atoms with van der Waals surface area (Å²) in [5, 5.41) is 9.04. The summed E-state index contributed by atoms with van der Waals surface area (Å²) < 4.78 is 34.3. The molecule has 0 spiro atoms. The van der Waals surface area contributed by atoms with Crippen LogP contribution in [-0.2, 0) is 26.0 Å².